The van der Waals surface area contributed by atoms with Crippen LogP contribution in [0.25, 0.3) is 0 Å². The van der Waals surface area contributed by atoms with Crippen molar-refractivity contribution in [2.24, 2.45) is 5.92 Å². The second-order valence-corrected chi connectivity index (χ2v) is 6.39. The molecular formula is C19H19ClN2O2. The maximum absolute atomic E-state index is 12.2. The van der Waals surface area contributed by atoms with Crippen LogP contribution in [0.3, 0.4) is 0 Å². The van der Waals surface area contributed by atoms with E-state index in [9.17, 15) is 9.59 Å². The molecule has 1 saturated heterocycles. The second-order valence-electron chi connectivity index (χ2n) is 5.98. The van der Waals surface area contributed by atoms with Crippen molar-refractivity contribution in [3.63, 3.8) is 0 Å². The van der Waals surface area contributed by atoms with Crippen LogP contribution in [0.4, 0.5) is 5.69 Å². The highest BCUT2D eigenvalue weighted by atomic mass is 35.5. The molecule has 0 saturated carbocycles. The lowest BCUT2D eigenvalue weighted by Gasteiger charge is -2.17. The maximum atomic E-state index is 12.2. The van der Waals surface area contributed by atoms with E-state index in [-0.39, 0.29) is 24.2 Å². The summed E-state index contributed by atoms with van der Waals surface area (Å²) in [6.07, 6.45) is 0.712. The first-order valence-corrected chi connectivity index (χ1v) is 8.37. The molecule has 1 atom stereocenters. The fraction of sp³-hybridized carbons (Fsp3) is 0.263. The highest BCUT2D eigenvalue weighted by Gasteiger charge is 2.30. The molecule has 0 radical (unpaired) electrons. The zero-order chi connectivity index (χ0) is 16.9. The van der Waals surface area contributed by atoms with Crippen LogP contribution in [0, 0.1) is 5.92 Å². The molecule has 0 aliphatic carbocycles. The summed E-state index contributed by atoms with van der Waals surface area (Å²) >= 11 is 6.07. The summed E-state index contributed by atoms with van der Waals surface area (Å²) in [4.78, 5) is 26.0. The van der Waals surface area contributed by atoms with E-state index in [0.29, 0.717) is 24.5 Å². The van der Waals surface area contributed by atoms with Crippen LogP contribution in [0.15, 0.2) is 54.6 Å². The van der Waals surface area contributed by atoms with Crippen molar-refractivity contribution in [1.29, 1.82) is 0 Å². The number of carbonyl (C=O) groups is 2. The molecule has 4 nitrogen and oxygen atoms in total. The zero-order valence-corrected chi connectivity index (χ0v) is 14.0. The van der Waals surface area contributed by atoms with Crippen molar-refractivity contribution in [3.05, 3.63) is 65.2 Å². The van der Waals surface area contributed by atoms with Gasteiger partial charge in [-0.05, 0) is 23.8 Å². The standard InChI is InChI=1S/C19H19ClN2O2/c20-17-9-5-4-6-15(17)11-18(23)21-12-14-10-19(24)22(13-14)16-7-2-1-3-8-16/h1-9,14H,10-13H2,(H,21,23). The van der Waals surface area contributed by atoms with Gasteiger partial charge >= 0.3 is 0 Å². The largest absolute Gasteiger partial charge is 0.355 e. The fourth-order valence-electron chi connectivity index (χ4n) is 2.91. The van der Waals surface area contributed by atoms with Gasteiger partial charge in [-0.25, -0.2) is 0 Å². The fourth-order valence-corrected chi connectivity index (χ4v) is 3.11. The molecule has 1 aliphatic rings. The predicted octanol–water partition coefficient (Wildman–Crippen LogP) is 3.05. The number of nitrogens with one attached hydrogen (secondary N) is 1. The molecule has 2 aromatic carbocycles. The molecule has 24 heavy (non-hydrogen) atoms. The molecule has 0 bridgehead atoms. The van der Waals surface area contributed by atoms with Gasteiger partial charge in [-0.1, -0.05) is 48.0 Å². The van der Waals surface area contributed by atoms with Crippen LogP contribution < -0.4 is 10.2 Å². The Morgan fingerprint density at radius 1 is 1.12 bits per heavy atom. The van der Waals surface area contributed by atoms with Crippen molar-refractivity contribution < 1.29 is 9.59 Å². The molecule has 2 aromatic rings. The third-order valence-corrected chi connectivity index (χ3v) is 4.54. The SMILES string of the molecule is O=C(Cc1ccccc1Cl)NCC1CC(=O)N(c2ccccc2)C1. The lowest BCUT2D eigenvalue weighted by Crippen LogP contribution is -2.32. The summed E-state index contributed by atoms with van der Waals surface area (Å²) in [7, 11) is 0. The number of hydrogen-bond acceptors (Lipinski definition) is 2. The summed E-state index contributed by atoms with van der Waals surface area (Å²) in [5.74, 6) is 0.160. The van der Waals surface area contributed by atoms with E-state index >= 15 is 0 Å². The monoisotopic (exact) mass is 342 g/mol. The van der Waals surface area contributed by atoms with Gasteiger partial charge in [0.25, 0.3) is 0 Å². The van der Waals surface area contributed by atoms with Crippen LogP contribution in [0.1, 0.15) is 12.0 Å². The number of benzene rings is 2. The number of nitrogens with zero attached hydrogens (tertiary/aromatic N) is 1. The molecule has 1 aliphatic heterocycles. The lowest BCUT2D eigenvalue weighted by atomic mass is 10.1. The van der Waals surface area contributed by atoms with Gasteiger partial charge < -0.3 is 10.2 Å². The summed E-state index contributed by atoms with van der Waals surface area (Å²) in [6.45, 7) is 1.13. The average Bonchev–Trinajstić information content (AvgIpc) is 2.97. The number of carbonyl (C=O) groups excluding carboxylic acids is 2. The number of amides is 2. The van der Waals surface area contributed by atoms with Crippen molar-refractivity contribution in [2.45, 2.75) is 12.8 Å². The first-order valence-electron chi connectivity index (χ1n) is 7.99. The number of rotatable bonds is 5. The summed E-state index contributed by atoms with van der Waals surface area (Å²) in [5, 5.41) is 3.51. The van der Waals surface area contributed by atoms with E-state index in [0.717, 1.165) is 11.3 Å². The molecular weight excluding hydrogens is 324 g/mol. The normalized spacial score (nSPS) is 17.1. The highest BCUT2D eigenvalue weighted by molar-refractivity contribution is 6.31. The van der Waals surface area contributed by atoms with Gasteiger partial charge in [0.1, 0.15) is 0 Å². The minimum Gasteiger partial charge on any atom is -0.355 e. The number of para-hydroxylation sites is 1. The van der Waals surface area contributed by atoms with E-state index in [1.54, 1.807) is 11.0 Å². The van der Waals surface area contributed by atoms with Gasteiger partial charge in [0.05, 0.1) is 6.42 Å². The third-order valence-electron chi connectivity index (χ3n) is 4.17. The summed E-state index contributed by atoms with van der Waals surface area (Å²) in [6, 6.07) is 16.9. The highest BCUT2D eigenvalue weighted by Crippen LogP contribution is 2.24. The Morgan fingerprint density at radius 3 is 2.58 bits per heavy atom. The van der Waals surface area contributed by atoms with E-state index in [1.165, 1.54) is 0 Å². The van der Waals surface area contributed by atoms with Gasteiger partial charge in [-0.2, -0.15) is 0 Å². The minimum absolute atomic E-state index is 0.0753. The predicted molar refractivity (Wildman–Crippen MR) is 95.1 cm³/mol. The molecule has 1 fully saturated rings. The van der Waals surface area contributed by atoms with Crippen LogP contribution in [0.2, 0.25) is 5.02 Å². The van der Waals surface area contributed by atoms with Crippen LogP contribution >= 0.6 is 11.6 Å². The minimum atomic E-state index is -0.0753. The molecule has 3 rings (SSSR count). The van der Waals surface area contributed by atoms with Crippen molar-refractivity contribution in [1.82, 2.24) is 5.32 Å². The summed E-state index contributed by atoms with van der Waals surface area (Å²) in [5.41, 5.74) is 1.72. The van der Waals surface area contributed by atoms with Crippen molar-refractivity contribution >= 4 is 29.1 Å². The molecule has 2 amide bonds. The third kappa shape index (κ3) is 3.95. The molecule has 0 spiro atoms. The Morgan fingerprint density at radius 2 is 1.83 bits per heavy atom. The lowest BCUT2D eigenvalue weighted by molar-refractivity contribution is -0.121. The number of halogens is 1. The Labute approximate surface area is 146 Å². The number of anilines is 1. The Balaban J connectivity index is 1.52. The van der Waals surface area contributed by atoms with E-state index < -0.39 is 0 Å². The molecule has 1 N–H and O–H groups in total. The second kappa shape index (κ2) is 7.49. The van der Waals surface area contributed by atoms with Crippen LogP contribution in [-0.2, 0) is 16.0 Å². The van der Waals surface area contributed by atoms with Gasteiger partial charge in [-0.15, -0.1) is 0 Å². The van der Waals surface area contributed by atoms with Gasteiger partial charge in [0.15, 0.2) is 0 Å². The molecule has 5 heteroatoms. The van der Waals surface area contributed by atoms with Crippen LogP contribution in [-0.4, -0.2) is 24.9 Å². The first-order chi connectivity index (χ1) is 11.6. The average molecular weight is 343 g/mol. The van der Waals surface area contributed by atoms with E-state index in [2.05, 4.69) is 5.32 Å². The molecule has 0 aromatic heterocycles. The Bertz CT molecular complexity index is 733. The number of hydrogen-bond donors (Lipinski definition) is 1. The molecule has 1 heterocycles. The zero-order valence-electron chi connectivity index (χ0n) is 13.2. The van der Waals surface area contributed by atoms with Gasteiger partial charge in [-0.3, -0.25) is 9.59 Å². The molecule has 124 valence electrons. The maximum Gasteiger partial charge on any atom is 0.227 e. The van der Waals surface area contributed by atoms with E-state index in [1.807, 2.05) is 48.5 Å². The topological polar surface area (TPSA) is 49.4 Å². The Hall–Kier alpha value is -2.33. The van der Waals surface area contributed by atoms with Crippen molar-refractivity contribution in [3.8, 4) is 0 Å². The summed E-state index contributed by atoms with van der Waals surface area (Å²) < 4.78 is 0. The quantitative estimate of drug-likeness (QED) is 0.908. The molecule has 1 unspecified atom stereocenters. The smallest absolute Gasteiger partial charge is 0.227 e. The van der Waals surface area contributed by atoms with Gasteiger partial charge in [0.2, 0.25) is 11.8 Å². The van der Waals surface area contributed by atoms with E-state index in [4.69, 9.17) is 11.6 Å². The van der Waals surface area contributed by atoms with Crippen LogP contribution in [0.5, 0.6) is 0 Å². The first kappa shape index (κ1) is 16.5. The van der Waals surface area contributed by atoms with Crippen molar-refractivity contribution in [2.75, 3.05) is 18.0 Å². The van der Waals surface area contributed by atoms with Gasteiger partial charge in [0, 0.05) is 36.1 Å². The Kier molecular flexibility index (Phi) is 5.16.